The minimum Gasteiger partial charge on any atom is -0.321 e. The highest BCUT2D eigenvalue weighted by molar-refractivity contribution is 9.10. The van der Waals surface area contributed by atoms with Crippen LogP contribution in [-0.4, -0.2) is 15.9 Å². The van der Waals surface area contributed by atoms with Crippen molar-refractivity contribution in [1.29, 1.82) is 0 Å². The van der Waals surface area contributed by atoms with Gasteiger partial charge < -0.3 is 5.32 Å². The van der Waals surface area contributed by atoms with Crippen molar-refractivity contribution < 1.29 is 4.79 Å². The molecule has 0 aliphatic carbocycles. The Morgan fingerprint density at radius 3 is 1.93 bits per heavy atom. The molecule has 5 heteroatoms. The number of amides is 1. The molecule has 0 spiro atoms. The Hall–Kier alpha value is -3.31. The summed E-state index contributed by atoms with van der Waals surface area (Å²) in [5.41, 5.74) is 4.24. The Morgan fingerprint density at radius 2 is 1.32 bits per heavy atom. The van der Waals surface area contributed by atoms with Crippen LogP contribution in [0.2, 0.25) is 0 Å². The molecular weight excluding hydrogens is 414 g/mol. The van der Waals surface area contributed by atoms with E-state index in [-0.39, 0.29) is 11.6 Å². The lowest BCUT2D eigenvalue weighted by Gasteiger charge is -2.11. The Kier molecular flexibility index (Phi) is 5.26. The monoisotopic (exact) mass is 429 g/mol. The maximum absolute atomic E-state index is 12.7. The number of nitrogens with one attached hydrogen (secondary N) is 1. The molecule has 0 unspecified atom stereocenters. The molecule has 0 aliphatic heterocycles. The number of hydrogen-bond acceptors (Lipinski definition) is 3. The third-order valence-corrected chi connectivity index (χ3v) is 4.73. The van der Waals surface area contributed by atoms with Gasteiger partial charge in [-0.25, -0.2) is 4.98 Å². The second-order valence-electron chi connectivity index (χ2n) is 6.15. The largest absolute Gasteiger partial charge is 0.321 e. The lowest BCUT2D eigenvalue weighted by atomic mass is 10.0. The zero-order chi connectivity index (χ0) is 19.3. The van der Waals surface area contributed by atoms with Crippen LogP contribution in [-0.2, 0) is 0 Å². The quantitative estimate of drug-likeness (QED) is 0.444. The topological polar surface area (TPSA) is 54.9 Å². The molecule has 0 atom stereocenters. The molecule has 136 valence electrons. The third kappa shape index (κ3) is 4.00. The minimum absolute atomic E-state index is 0.265. The second kappa shape index (κ2) is 8.15. The summed E-state index contributed by atoms with van der Waals surface area (Å²) in [5.74, 6) is -0.299. The Bertz CT molecular complexity index is 1100. The van der Waals surface area contributed by atoms with E-state index in [9.17, 15) is 4.79 Å². The Morgan fingerprint density at radius 1 is 0.750 bits per heavy atom. The first kappa shape index (κ1) is 18.1. The number of benzene rings is 3. The number of nitrogens with zero attached hydrogens (tertiary/aromatic N) is 2. The molecule has 1 aromatic heterocycles. The lowest BCUT2D eigenvalue weighted by molar-refractivity contribution is 0.102. The van der Waals surface area contributed by atoms with Gasteiger partial charge in [-0.15, -0.1) is 0 Å². The van der Waals surface area contributed by atoms with Crippen LogP contribution in [0.15, 0.2) is 95.6 Å². The Labute approximate surface area is 171 Å². The van der Waals surface area contributed by atoms with Gasteiger partial charge in [0, 0.05) is 21.3 Å². The van der Waals surface area contributed by atoms with Gasteiger partial charge in [-0.1, -0.05) is 76.6 Å². The van der Waals surface area contributed by atoms with Crippen molar-refractivity contribution in [2.24, 2.45) is 0 Å². The first-order valence-electron chi connectivity index (χ1n) is 8.75. The van der Waals surface area contributed by atoms with Crippen LogP contribution in [0.3, 0.4) is 0 Å². The molecule has 0 saturated heterocycles. The molecule has 4 rings (SSSR count). The van der Waals surface area contributed by atoms with Crippen LogP contribution in [0.5, 0.6) is 0 Å². The molecule has 0 bridgehead atoms. The average Bonchev–Trinajstić information content (AvgIpc) is 2.76. The van der Waals surface area contributed by atoms with E-state index in [1.165, 1.54) is 6.20 Å². The molecule has 0 saturated carbocycles. The Balaban J connectivity index is 1.73. The maximum atomic E-state index is 12.7. The van der Waals surface area contributed by atoms with E-state index in [0.717, 1.165) is 21.3 Å². The van der Waals surface area contributed by atoms with Gasteiger partial charge in [-0.2, -0.15) is 0 Å². The van der Waals surface area contributed by atoms with E-state index >= 15 is 0 Å². The fourth-order valence-corrected chi connectivity index (χ4v) is 3.10. The normalized spacial score (nSPS) is 10.5. The van der Waals surface area contributed by atoms with Gasteiger partial charge in [0.15, 0.2) is 0 Å². The van der Waals surface area contributed by atoms with Crippen LogP contribution in [0.1, 0.15) is 10.5 Å². The molecule has 0 aliphatic rings. The average molecular weight is 430 g/mol. The molecule has 1 N–H and O–H groups in total. The van der Waals surface area contributed by atoms with Crippen LogP contribution < -0.4 is 5.32 Å². The zero-order valence-corrected chi connectivity index (χ0v) is 16.4. The number of hydrogen-bond donors (Lipinski definition) is 1. The number of halogens is 1. The summed E-state index contributed by atoms with van der Waals surface area (Å²) in [4.78, 5) is 21.9. The van der Waals surface area contributed by atoms with Crippen molar-refractivity contribution in [3.8, 4) is 22.5 Å². The first-order valence-corrected chi connectivity index (χ1v) is 9.55. The molecular formula is C23H16BrN3O. The number of rotatable bonds is 4. The maximum Gasteiger partial charge on any atom is 0.275 e. The molecule has 3 aromatic carbocycles. The highest BCUT2D eigenvalue weighted by atomic mass is 79.9. The van der Waals surface area contributed by atoms with E-state index in [1.54, 1.807) is 0 Å². The molecule has 4 aromatic rings. The number of carbonyl (C=O) groups is 1. The van der Waals surface area contributed by atoms with Crippen molar-refractivity contribution in [2.75, 3.05) is 5.32 Å². The number of aromatic nitrogens is 2. The second-order valence-corrected chi connectivity index (χ2v) is 7.06. The van der Waals surface area contributed by atoms with Crippen molar-refractivity contribution >= 4 is 27.5 Å². The van der Waals surface area contributed by atoms with Crippen LogP contribution in [0.4, 0.5) is 5.69 Å². The number of carbonyl (C=O) groups excluding carboxylic acids is 1. The standard InChI is InChI=1S/C23H16BrN3O/c24-18-11-13-19(14-12-18)26-23(28)20-15-25-21(16-7-3-1-4-8-16)22(27-20)17-9-5-2-6-10-17/h1-15H,(H,26,28). The summed E-state index contributed by atoms with van der Waals surface area (Å²) < 4.78 is 0.948. The van der Waals surface area contributed by atoms with Gasteiger partial charge in [-0.3, -0.25) is 9.78 Å². The molecule has 1 heterocycles. The third-order valence-electron chi connectivity index (χ3n) is 4.20. The predicted octanol–water partition coefficient (Wildman–Crippen LogP) is 5.83. The summed E-state index contributed by atoms with van der Waals surface area (Å²) >= 11 is 3.39. The SMILES string of the molecule is O=C(Nc1ccc(Br)cc1)c1cnc(-c2ccccc2)c(-c2ccccc2)n1. The van der Waals surface area contributed by atoms with E-state index in [2.05, 4.69) is 31.2 Å². The summed E-state index contributed by atoms with van der Waals surface area (Å²) in [7, 11) is 0. The molecule has 1 amide bonds. The van der Waals surface area contributed by atoms with Gasteiger partial charge in [0.25, 0.3) is 5.91 Å². The zero-order valence-electron chi connectivity index (χ0n) is 14.8. The lowest BCUT2D eigenvalue weighted by Crippen LogP contribution is -2.15. The summed E-state index contributed by atoms with van der Waals surface area (Å²) in [6.07, 6.45) is 1.52. The van der Waals surface area contributed by atoms with Crippen LogP contribution in [0, 0.1) is 0 Å². The predicted molar refractivity (Wildman–Crippen MR) is 115 cm³/mol. The number of anilines is 1. The fourth-order valence-electron chi connectivity index (χ4n) is 2.83. The van der Waals surface area contributed by atoms with Gasteiger partial charge in [0.2, 0.25) is 0 Å². The summed E-state index contributed by atoms with van der Waals surface area (Å²) in [6.45, 7) is 0. The van der Waals surface area contributed by atoms with E-state index in [4.69, 9.17) is 0 Å². The minimum atomic E-state index is -0.299. The van der Waals surface area contributed by atoms with E-state index in [0.29, 0.717) is 11.4 Å². The molecule has 4 nitrogen and oxygen atoms in total. The molecule has 0 fully saturated rings. The fraction of sp³-hybridized carbons (Fsp3) is 0. The van der Waals surface area contributed by atoms with Crippen molar-refractivity contribution in [1.82, 2.24) is 9.97 Å². The highest BCUT2D eigenvalue weighted by Crippen LogP contribution is 2.28. The molecule has 28 heavy (non-hydrogen) atoms. The molecule has 0 radical (unpaired) electrons. The van der Waals surface area contributed by atoms with Crippen molar-refractivity contribution in [2.45, 2.75) is 0 Å². The van der Waals surface area contributed by atoms with Crippen molar-refractivity contribution in [3.63, 3.8) is 0 Å². The smallest absolute Gasteiger partial charge is 0.275 e. The van der Waals surface area contributed by atoms with Gasteiger partial charge in [-0.05, 0) is 24.3 Å². The van der Waals surface area contributed by atoms with Crippen LogP contribution in [0.25, 0.3) is 22.5 Å². The van der Waals surface area contributed by atoms with Gasteiger partial charge in [0.1, 0.15) is 5.69 Å². The van der Waals surface area contributed by atoms with Gasteiger partial charge >= 0.3 is 0 Å². The van der Waals surface area contributed by atoms with E-state index in [1.807, 2.05) is 84.9 Å². The summed E-state index contributed by atoms with van der Waals surface area (Å²) in [6, 6.07) is 27.0. The summed E-state index contributed by atoms with van der Waals surface area (Å²) in [5, 5.41) is 2.86. The highest BCUT2D eigenvalue weighted by Gasteiger charge is 2.16. The van der Waals surface area contributed by atoms with Crippen LogP contribution >= 0.6 is 15.9 Å². The van der Waals surface area contributed by atoms with E-state index < -0.39 is 0 Å². The van der Waals surface area contributed by atoms with Gasteiger partial charge in [0.05, 0.1) is 17.6 Å². The first-order chi connectivity index (χ1) is 13.7. The van der Waals surface area contributed by atoms with Crippen molar-refractivity contribution in [3.05, 3.63) is 101 Å².